The van der Waals surface area contributed by atoms with Crippen molar-refractivity contribution in [1.29, 1.82) is 0 Å². The normalized spacial score (nSPS) is 24.1. The maximum absolute atomic E-state index is 12.4. The average Bonchev–Trinajstić information content (AvgIpc) is 2.92. The van der Waals surface area contributed by atoms with Gasteiger partial charge in [0, 0.05) is 0 Å². The van der Waals surface area contributed by atoms with Crippen molar-refractivity contribution in [2.24, 2.45) is 4.99 Å². The molecule has 0 fully saturated rings. The highest BCUT2D eigenvalue weighted by atomic mass is 19.4. The number of hydrogen-bond acceptors (Lipinski definition) is 1. The zero-order valence-electron chi connectivity index (χ0n) is 8.88. The molecule has 0 N–H and O–H groups in total. The van der Waals surface area contributed by atoms with Crippen LogP contribution in [0, 0.1) is 0 Å². The Bertz CT molecular complexity index is 408. The molecular weight excluding hydrogens is 215 g/mol. The van der Waals surface area contributed by atoms with E-state index < -0.39 is 18.1 Å². The molecule has 0 saturated carbocycles. The van der Waals surface area contributed by atoms with E-state index in [9.17, 15) is 13.2 Å². The van der Waals surface area contributed by atoms with Crippen molar-refractivity contribution in [2.45, 2.75) is 31.5 Å². The van der Waals surface area contributed by atoms with Crippen LogP contribution in [-0.4, -0.2) is 17.4 Å². The molecule has 16 heavy (non-hydrogen) atoms. The predicted octanol–water partition coefficient (Wildman–Crippen LogP) is 3.59. The molecule has 0 aliphatic carbocycles. The number of benzene rings is 1. The second-order valence-corrected chi connectivity index (χ2v) is 4.00. The molecule has 2 rings (SSSR count). The van der Waals surface area contributed by atoms with Crippen LogP contribution in [0.25, 0.3) is 0 Å². The fourth-order valence-electron chi connectivity index (χ4n) is 1.94. The van der Waals surface area contributed by atoms with Gasteiger partial charge in [0.2, 0.25) is 0 Å². The van der Waals surface area contributed by atoms with Crippen LogP contribution in [0.15, 0.2) is 35.3 Å². The monoisotopic (exact) mass is 227 g/mol. The van der Waals surface area contributed by atoms with Crippen molar-refractivity contribution >= 4 is 5.71 Å². The van der Waals surface area contributed by atoms with Gasteiger partial charge in [0.15, 0.2) is 0 Å². The van der Waals surface area contributed by atoms with E-state index in [1.165, 1.54) is 0 Å². The predicted molar refractivity (Wildman–Crippen MR) is 56.7 cm³/mol. The molecule has 0 bridgehead atoms. The molecule has 0 saturated heterocycles. The van der Waals surface area contributed by atoms with Gasteiger partial charge in [-0.1, -0.05) is 37.3 Å². The second-order valence-electron chi connectivity index (χ2n) is 4.00. The van der Waals surface area contributed by atoms with E-state index in [1.54, 1.807) is 19.1 Å². The largest absolute Gasteiger partial charge is 0.391 e. The van der Waals surface area contributed by atoms with Crippen LogP contribution in [-0.2, 0) is 0 Å². The van der Waals surface area contributed by atoms with Crippen molar-refractivity contribution in [3.05, 3.63) is 35.9 Å². The van der Waals surface area contributed by atoms with E-state index in [0.717, 1.165) is 5.56 Å². The summed E-state index contributed by atoms with van der Waals surface area (Å²) in [7, 11) is 0. The Labute approximate surface area is 92.0 Å². The summed E-state index contributed by atoms with van der Waals surface area (Å²) in [5.74, 6) is 0. The van der Waals surface area contributed by atoms with Crippen LogP contribution in [0.1, 0.15) is 25.3 Å². The molecule has 1 aromatic carbocycles. The number of alkyl halides is 3. The van der Waals surface area contributed by atoms with Gasteiger partial charge in [-0.05, 0) is 12.0 Å². The van der Waals surface area contributed by atoms with E-state index in [1.807, 2.05) is 18.2 Å². The van der Waals surface area contributed by atoms with E-state index >= 15 is 0 Å². The number of rotatable bonds is 3. The smallest absolute Gasteiger partial charge is 0.273 e. The molecule has 86 valence electrons. The lowest BCUT2D eigenvalue weighted by Gasteiger charge is -2.15. The van der Waals surface area contributed by atoms with Gasteiger partial charge in [0.05, 0.1) is 12.1 Å². The average molecular weight is 227 g/mol. The fourth-order valence-corrected chi connectivity index (χ4v) is 1.94. The summed E-state index contributed by atoms with van der Waals surface area (Å²) in [4.78, 5) is 4.06. The Morgan fingerprint density at radius 1 is 1.19 bits per heavy atom. The molecule has 0 aromatic heterocycles. The minimum absolute atomic E-state index is 0.400. The molecule has 1 atom stereocenters. The minimum atomic E-state index is -4.16. The van der Waals surface area contributed by atoms with Crippen LogP contribution in [0.2, 0.25) is 0 Å². The van der Waals surface area contributed by atoms with E-state index in [2.05, 4.69) is 4.99 Å². The quantitative estimate of drug-likeness (QED) is 0.748. The second kappa shape index (κ2) is 3.61. The Hall–Kier alpha value is -1.32. The van der Waals surface area contributed by atoms with Crippen LogP contribution >= 0.6 is 0 Å². The van der Waals surface area contributed by atoms with Crippen LogP contribution in [0.5, 0.6) is 0 Å². The van der Waals surface area contributed by atoms with Crippen LogP contribution in [0.4, 0.5) is 13.2 Å². The summed E-state index contributed by atoms with van der Waals surface area (Å²) in [6.07, 6.45) is -4.60. The first-order valence-electron chi connectivity index (χ1n) is 5.19. The zero-order valence-corrected chi connectivity index (χ0v) is 8.88. The topological polar surface area (TPSA) is 12.4 Å². The SMILES string of the molecule is CCC1(CC(F)(F)F)N=C1c1ccccc1. The number of halogens is 3. The molecule has 1 nitrogen and oxygen atoms in total. The first-order chi connectivity index (χ1) is 7.47. The third-order valence-electron chi connectivity index (χ3n) is 2.84. The lowest BCUT2D eigenvalue weighted by atomic mass is 9.92. The third-order valence-corrected chi connectivity index (χ3v) is 2.84. The Morgan fingerprint density at radius 3 is 2.31 bits per heavy atom. The number of nitrogens with zero attached hydrogens (tertiary/aromatic N) is 1. The highest BCUT2D eigenvalue weighted by Crippen LogP contribution is 2.44. The summed E-state index contributed by atoms with van der Waals surface area (Å²) in [5.41, 5.74) is 0.404. The molecule has 1 aromatic rings. The first kappa shape index (κ1) is 11.2. The van der Waals surface area contributed by atoms with Gasteiger partial charge in [-0.3, -0.25) is 4.99 Å². The number of hydrogen-bond donors (Lipinski definition) is 0. The van der Waals surface area contributed by atoms with Gasteiger partial charge in [-0.25, -0.2) is 0 Å². The molecular formula is C12H12F3N. The van der Waals surface area contributed by atoms with Crippen molar-refractivity contribution in [3.63, 3.8) is 0 Å². The van der Waals surface area contributed by atoms with Gasteiger partial charge < -0.3 is 0 Å². The Balaban J connectivity index is 2.14. The molecule has 1 heterocycles. The summed E-state index contributed by atoms with van der Waals surface area (Å²) in [6, 6.07) is 9.05. The minimum Gasteiger partial charge on any atom is -0.273 e. The third kappa shape index (κ3) is 2.10. The highest BCUT2D eigenvalue weighted by Gasteiger charge is 2.53. The lowest BCUT2D eigenvalue weighted by molar-refractivity contribution is -0.139. The molecule has 1 aliphatic rings. The van der Waals surface area contributed by atoms with Crippen molar-refractivity contribution in [3.8, 4) is 0 Å². The van der Waals surface area contributed by atoms with Crippen LogP contribution in [0.3, 0.4) is 0 Å². The van der Waals surface area contributed by atoms with E-state index in [-0.39, 0.29) is 0 Å². The summed E-state index contributed by atoms with van der Waals surface area (Å²) in [6.45, 7) is 1.74. The Morgan fingerprint density at radius 2 is 1.81 bits per heavy atom. The van der Waals surface area contributed by atoms with Gasteiger partial charge in [-0.15, -0.1) is 0 Å². The molecule has 0 radical (unpaired) electrons. The van der Waals surface area contributed by atoms with Gasteiger partial charge in [0.1, 0.15) is 5.54 Å². The highest BCUT2D eigenvalue weighted by molar-refractivity contribution is 6.17. The molecule has 1 unspecified atom stereocenters. The van der Waals surface area contributed by atoms with Crippen molar-refractivity contribution in [1.82, 2.24) is 0 Å². The molecule has 4 heteroatoms. The summed E-state index contributed by atoms with van der Waals surface area (Å²) in [5, 5.41) is 0. The van der Waals surface area contributed by atoms with Gasteiger partial charge >= 0.3 is 6.18 Å². The van der Waals surface area contributed by atoms with Crippen LogP contribution < -0.4 is 0 Å². The Kier molecular flexibility index (Phi) is 2.52. The maximum atomic E-state index is 12.4. The molecule has 1 aliphatic heterocycles. The number of aliphatic imine (C=N–C) groups is 1. The van der Waals surface area contributed by atoms with Gasteiger partial charge in [0.25, 0.3) is 0 Å². The first-order valence-corrected chi connectivity index (χ1v) is 5.19. The summed E-state index contributed by atoms with van der Waals surface area (Å²) < 4.78 is 37.2. The molecule has 0 spiro atoms. The molecule has 0 amide bonds. The zero-order chi connectivity index (χ0) is 11.8. The fraction of sp³-hybridized carbons (Fsp3) is 0.417. The van der Waals surface area contributed by atoms with E-state index in [4.69, 9.17) is 0 Å². The van der Waals surface area contributed by atoms with Crippen molar-refractivity contribution < 1.29 is 13.2 Å². The van der Waals surface area contributed by atoms with E-state index in [0.29, 0.717) is 12.1 Å². The summed E-state index contributed by atoms with van der Waals surface area (Å²) >= 11 is 0. The standard InChI is InChI=1S/C12H12F3N/c1-2-11(8-12(13,14)15)10(16-11)9-6-4-3-5-7-9/h3-7H,2,8H2,1H3. The van der Waals surface area contributed by atoms with Gasteiger partial charge in [-0.2, -0.15) is 13.2 Å². The lowest BCUT2D eigenvalue weighted by Crippen LogP contribution is -2.27. The maximum Gasteiger partial charge on any atom is 0.391 e. The van der Waals surface area contributed by atoms with Crippen molar-refractivity contribution in [2.75, 3.05) is 0 Å².